The van der Waals surface area contributed by atoms with Crippen LogP contribution in [0, 0.1) is 6.92 Å². The predicted octanol–water partition coefficient (Wildman–Crippen LogP) is 3.54. The molecule has 0 radical (unpaired) electrons. The maximum absolute atomic E-state index is 5.81. The summed E-state index contributed by atoms with van der Waals surface area (Å²) in [4.78, 5) is 8.73. The van der Waals surface area contributed by atoms with Gasteiger partial charge in [0.15, 0.2) is 0 Å². The van der Waals surface area contributed by atoms with Gasteiger partial charge in [0, 0.05) is 5.56 Å². The lowest BCUT2D eigenvalue weighted by atomic mass is 10.0. The highest BCUT2D eigenvalue weighted by atomic mass is 79.9. The number of nitrogens with zero attached hydrogens (tertiary/aromatic N) is 2. The van der Waals surface area contributed by atoms with Crippen LogP contribution in [-0.4, -0.2) is 16.6 Å². The molecule has 0 N–H and O–H groups in total. The summed E-state index contributed by atoms with van der Waals surface area (Å²) in [5.41, 5.74) is 3.23. The van der Waals surface area contributed by atoms with Gasteiger partial charge in [-0.3, -0.25) is 0 Å². The molecule has 0 spiro atoms. The monoisotopic (exact) mass is 304 g/mol. The largest absolute Gasteiger partial charge is 0.493 e. The van der Waals surface area contributed by atoms with Crippen LogP contribution in [0.15, 0.2) is 28.9 Å². The molecule has 0 aliphatic carbocycles. The van der Waals surface area contributed by atoms with Gasteiger partial charge in [-0.15, -0.1) is 0 Å². The summed E-state index contributed by atoms with van der Waals surface area (Å²) in [6.07, 6.45) is 2.16. The highest BCUT2D eigenvalue weighted by molar-refractivity contribution is 9.10. The summed E-state index contributed by atoms with van der Waals surface area (Å²) in [7, 11) is 0. The van der Waals surface area contributed by atoms with Crippen molar-refractivity contribution in [1.29, 1.82) is 0 Å². The number of rotatable bonds is 1. The third-order valence-electron chi connectivity index (χ3n) is 3.02. The van der Waals surface area contributed by atoms with Crippen molar-refractivity contribution in [2.24, 2.45) is 0 Å². The zero-order valence-electron chi connectivity index (χ0n) is 10.1. The Bertz CT molecular complexity index is 578. The van der Waals surface area contributed by atoms with Crippen molar-refractivity contribution in [2.45, 2.75) is 19.8 Å². The Morgan fingerprint density at radius 3 is 3.00 bits per heavy atom. The molecule has 4 heteroatoms. The second-order valence-electron chi connectivity index (χ2n) is 4.37. The summed E-state index contributed by atoms with van der Waals surface area (Å²) in [6, 6.07) is 8.17. The number of para-hydroxylation sites is 1. The van der Waals surface area contributed by atoms with Crippen LogP contribution in [0.2, 0.25) is 0 Å². The molecule has 1 aromatic heterocycles. The molecule has 2 heterocycles. The van der Waals surface area contributed by atoms with Gasteiger partial charge in [0.05, 0.1) is 12.3 Å². The van der Waals surface area contributed by atoms with Crippen LogP contribution in [-0.2, 0) is 6.42 Å². The Labute approximate surface area is 114 Å². The van der Waals surface area contributed by atoms with Crippen LogP contribution >= 0.6 is 15.9 Å². The van der Waals surface area contributed by atoms with E-state index in [4.69, 9.17) is 4.74 Å². The van der Waals surface area contributed by atoms with Crippen LogP contribution in [0.3, 0.4) is 0 Å². The molecular weight excluding hydrogens is 292 g/mol. The maximum atomic E-state index is 5.81. The molecule has 3 rings (SSSR count). The number of aryl methyl sites for hydroxylation is 2. The average molecular weight is 305 g/mol. The van der Waals surface area contributed by atoms with E-state index in [2.05, 4.69) is 44.1 Å². The fourth-order valence-corrected chi connectivity index (χ4v) is 2.73. The molecule has 1 aliphatic heterocycles. The molecule has 0 saturated heterocycles. The van der Waals surface area contributed by atoms with Crippen LogP contribution in [0.5, 0.6) is 5.75 Å². The lowest BCUT2D eigenvalue weighted by Crippen LogP contribution is -2.09. The van der Waals surface area contributed by atoms with E-state index < -0.39 is 0 Å². The molecule has 0 saturated carbocycles. The highest BCUT2D eigenvalue weighted by Gasteiger charge is 2.16. The quantitative estimate of drug-likeness (QED) is 0.756. The molecule has 3 nitrogen and oxygen atoms in total. The van der Waals surface area contributed by atoms with E-state index in [1.54, 1.807) is 0 Å². The molecule has 0 unspecified atom stereocenters. The topological polar surface area (TPSA) is 35.0 Å². The molecule has 2 aromatic rings. The Balaban J connectivity index is 2.16. The van der Waals surface area contributed by atoms with Crippen LogP contribution in [0.4, 0.5) is 0 Å². The predicted molar refractivity (Wildman–Crippen MR) is 73.7 cm³/mol. The Morgan fingerprint density at radius 1 is 1.28 bits per heavy atom. The Morgan fingerprint density at radius 2 is 2.17 bits per heavy atom. The lowest BCUT2D eigenvalue weighted by Gasteiger charge is -2.20. The normalized spacial score (nSPS) is 13.9. The third kappa shape index (κ3) is 2.12. The number of hydrogen-bond donors (Lipinski definition) is 0. The molecule has 0 fully saturated rings. The van der Waals surface area contributed by atoms with E-state index in [9.17, 15) is 0 Å². The van der Waals surface area contributed by atoms with Crippen molar-refractivity contribution in [3.05, 3.63) is 40.3 Å². The first-order valence-corrected chi connectivity index (χ1v) is 6.79. The number of benzene rings is 1. The minimum atomic E-state index is 0.757. The summed E-state index contributed by atoms with van der Waals surface area (Å²) in [6.45, 7) is 2.68. The summed E-state index contributed by atoms with van der Waals surface area (Å²) in [5, 5.41) is 0. The number of ether oxygens (including phenoxy) is 1. The molecule has 0 bridgehead atoms. The first-order chi connectivity index (χ1) is 8.74. The van der Waals surface area contributed by atoms with Crippen molar-refractivity contribution in [2.75, 3.05) is 6.61 Å². The molecule has 1 aromatic carbocycles. The van der Waals surface area contributed by atoms with Crippen LogP contribution in [0.25, 0.3) is 11.3 Å². The minimum Gasteiger partial charge on any atom is -0.493 e. The van der Waals surface area contributed by atoms with Gasteiger partial charge in [-0.05, 0) is 53.4 Å². The zero-order valence-corrected chi connectivity index (χ0v) is 11.7. The van der Waals surface area contributed by atoms with Crippen molar-refractivity contribution < 1.29 is 4.74 Å². The third-order valence-corrected chi connectivity index (χ3v) is 3.42. The van der Waals surface area contributed by atoms with E-state index in [1.807, 2.05) is 13.0 Å². The average Bonchev–Trinajstić information content (AvgIpc) is 2.37. The van der Waals surface area contributed by atoms with Gasteiger partial charge in [0.1, 0.15) is 16.2 Å². The lowest BCUT2D eigenvalue weighted by molar-refractivity contribution is 0.289. The molecule has 1 aliphatic rings. The fraction of sp³-hybridized carbons (Fsp3) is 0.286. The maximum Gasteiger partial charge on any atom is 0.131 e. The van der Waals surface area contributed by atoms with E-state index in [1.165, 1.54) is 5.56 Å². The van der Waals surface area contributed by atoms with Gasteiger partial charge >= 0.3 is 0 Å². The highest BCUT2D eigenvalue weighted by Crippen LogP contribution is 2.35. The van der Waals surface area contributed by atoms with E-state index in [-0.39, 0.29) is 0 Å². The van der Waals surface area contributed by atoms with Gasteiger partial charge in [0.2, 0.25) is 0 Å². The van der Waals surface area contributed by atoms with E-state index >= 15 is 0 Å². The van der Waals surface area contributed by atoms with Gasteiger partial charge in [0.25, 0.3) is 0 Å². The smallest absolute Gasteiger partial charge is 0.131 e. The number of aromatic nitrogens is 2. The second-order valence-corrected chi connectivity index (χ2v) is 5.18. The SMILES string of the molecule is Cc1nc(Br)cc(-c2cccc3c2OCCC3)n1. The first-order valence-electron chi connectivity index (χ1n) is 6.00. The molecule has 92 valence electrons. The standard InChI is InChI=1S/C14H13BrN2O/c1-9-16-12(8-13(15)17-9)11-6-2-4-10-5-3-7-18-14(10)11/h2,4,6,8H,3,5,7H2,1H3. The number of fused-ring (bicyclic) bond motifs is 1. The van der Waals surface area contributed by atoms with Crippen molar-refractivity contribution in [3.63, 3.8) is 0 Å². The Hall–Kier alpha value is -1.42. The molecular formula is C14H13BrN2O. The van der Waals surface area contributed by atoms with Crippen molar-refractivity contribution in [3.8, 4) is 17.0 Å². The first kappa shape index (κ1) is 11.7. The minimum absolute atomic E-state index is 0.757. The number of halogens is 1. The zero-order chi connectivity index (χ0) is 12.5. The van der Waals surface area contributed by atoms with Gasteiger partial charge in [-0.1, -0.05) is 12.1 Å². The molecule has 0 atom stereocenters. The number of hydrogen-bond acceptors (Lipinski definition) is 3. The van der Waals surface area contributed by atoms with Gasteiger partial charge in [-0.25, -0.2) is 9.97 Å². The van der Waals surface area contributed by atoms with Crippen molar-refractivity contribution >= 4 is 15.9 Å². The molecule has 18 heavy (non-hydrogen) atoms. The summed E-state index contributed by atoms with van der Waals surface area (Å²) >= 11 is 3.41. The van der Waals surface area contributed by atoms with E-state index in [0.29, 0.717) is 0 Å². The fourth-order valence-electron chi connectivity index (χ4n) is 2.26. The summed E-state index contributed by atoms with van der Waals surface area (Å²) in [5.74, 6) is 1.74. The van der Waals surface area contributed by atoms with Crippen LogP contribution in [0.1, 0.15) is 17.8 Å². The van der Waals surface area contributed by atoms with E-state index in [0.717, 1.165) is 46.9 Å². The van der Waals surface area contributed by atoms with Gasteiger partial charge < -0.3 is 4.74 Å². The van der Waals surface area contributed by atoms with Crippen LogP contribution < -0.4 is 4.74 Å². The molecule has 0 amide bonds. The van der Waals surface area contributed by atoms with Gasteiger partial charge in [-0.2, -0.15) is 0 Å². The Kier molecular flexibility index (Phi) is 3.04. The second kappa shape index (κ2) is 4.69. The summed E-state index contributed by atoms with van der Waals surface area (Å²) < 4.78 is 6.62. The van der Waals surface area contributed by atoms with Crippen molar-refractivity contribution in [1.82, 2.24) is 9.97 Å².